The molecule has 0 fully saturated rings. The third-order valence-electron chi connectivity index (χ3n) is 1.87. The van der Waals surface area contributed by atoms with Crippen molar-refractivity contribution in [2.45, 2.75) is 0 Å². The minimum absolute atomic E-state index is 0.288. The maximum atomic E-state index is 12.8. The Balaban J connectivity index is 2.29. The van der Waals surface area contributed by atoms with Crippen LogP contribution in [0.15, 0.2) is 24.4 Å². The molecule has 2 rings (SSSR count). The monoisotopic (exact) mass is 226 g/mol. The molecule has 6 heteroatoms. The van der Waals surface area contributed by atoms with Crippen LogP contribution in [0.2, 0.25) is 5.02 Å². The van der Waals surface area contributed by atoms with Gasteiger partial charge in [0.15, 0.2) is 0 Å². The summed E-state index contributed by atoms with van der Waals surface area (Å²) in [4.78, 5) is 0. The first-order chi connectivity index (χ1) is 7.16. The third-order valence-corrected chi connectivity index (χ3v) is 2.18. The molecule has 78 valence electrons. The van der Waals surface area contributed by atoms with E-state index < -0.39 is 0 Å². The van der Waals surface area contributed by atoms with Crippen LogP contribution in [0.3, 0.4) is 0 Å². The van der Waals surface area contributed by atoms with Gasteiger partial charge in [-0.15, -0.1) is 0 Å². The van der Waals surface area contributed by atoms with Gasteiger partial charge >= 0.3 is 0 Å². The lowest BCUT2D eigenvalue weighted by Crippen LogP contribution is -1.94. The second kappa shape index (κ2) is 3.78. The van der Waals surface area contributed by atoms with E-state index in [2.05, 4.69) is 15.5 Å². The van der Waals surface area contributed by atoms with Gasteiger partial charge in [-0.3, -0.25) is 5.10 Å². The van der Waals surface area contributed by atoms with Crippen molar-refractivity contribution in [1.29, 1.82) is 0 Å². The van der Waals surface area contributed by atoms with E-state index in [1.54, 1.807) is 0 Å². The number of aromatic amines is 1. The molecule has 1 heterocycles. The molecule has 4 nitrogen and oxygen atoms in total. The van der Waals surface area contributed by atoms with Gasteiger partial charge in [-0.05, 0) is 18.2 Å². The smallest absolute Gasteiger partial charge is 0.143 e. The largest absolute Gasteiger partial charge is 0.382 e. The highest BCUT2D eigenvalue weighted by Crippen LogP contribution is 2.27. The Morgan fingerprint density at radius 1 is 1.40 bits per heavy atom. The number of aromatic nitrogens is 2. The van der Waals surface area contributed by atoms with Crippen LogP contribution in [0.5, 0.6) is 0 Å². The topological polar surface area (TPSA) is 66.7 Å². The number of halogens is 2. The second-order valence-electron chi connectivity index (χ2n) is 2.95. The molecule has 0 unspecified atom stereocenters. The summed E-state index contributed by atoms with van der Waals surface area (Å²) in [6, 6.07) is 4.06. The molecule has 2 aromatic rings. The van der Waals surface area contributed by atoms with Crippen LogP contribution in [-0.4, -0.2) is 10.2 Å². The minimum Gasteiger partial charge on any atom is -0.382 e. The average molecular weight is 227 g/mol. The highest BCUT2D eigenvalue weighted by molar-refractivity contribution is 6.33. The Hall–Kier alpha value is -1.75. The fourth-order valence-corrected chi connectivity index (χ4v) is 1.35. The van der Waals surface area contributed by atoms with Crippen molar-refractivity contribution in [3.8, 4) is 0 Å². The van der Waals surface area contributed by atoms with E-state index in [9.17, 15) is 4.39 Å². The average Bonchev–Trinajstić information content (AvgIpc) is 2.57. The Morgan fingerprint density at radius 2 is 2.20 bits per heavy atom. The molecule has 0 aliphatic heterocycles. The fourth-order valence-electron chi connectivity index (χ4n) is 1.13. The zero-order valence-electron chi connectivity index (χ0n) is 7.59. The van der Waals surface area contributed by atoms with E-state index in [0.29, 0.717) is 17.2 Å². The number of rotatable bonds is 2. The number of H-pyrrole nitrogens is 1. The van der Waals surface area contributed by atoms with Crippen LogP contribution < -0.4 is 11.1 Å². The molecule has 0 bridgehead atoms. The van der Waals surface area contributed by atoms with E-state index in [4.69, 9.17) is 17.3 Å². The predicted octanol–water partition coefficient (Wildman–Crippen LogP) is 2.53. The number of nitrogens with zero attached hydrogens (tertiary/aromatic N) is 1. The number of anilines is 3. The van der Waals surface area contributed by atoms with E-state index in [1.165, 1.54) is 24.4 Å². The van der Waals surface area contributed by atoms with Gasteiger partial charge in [0, 0.05) is 0 Å². The fraction of sp³-hybridized carbons (Fsp3) is 0. The Bertz CT molecular complexity index is 483. The molecule has 0 saturated carbocycles. The van der Waals surface area contributed by atoms with Crippen LogP contribution in [0.4, 0.5) is 21.6 Å². The maximum absolute atomic E-state index is 12.8. The zero-order chi connectivity index (χ0) is 10.8. The van der Waals surface area contributed by atoms with Crippen LogP contribution in [-0.2, 0) is 0 Å². The molecule has 0 amide bonds. The lowest BCUT2D eigenvalue weighted by molar-refractivity contribution is 0.628. The van der Waals surface area contributed by atoms with Crippen molar-refractivity contribution in [2.75, 3.05) is 11.1 Å². The molecule has 15 heavy (non-hydrogen) atoms. The molecule has 1 aromatic carbocycles. The summed E-state index contributed by atoms with van der Waals surface area (Å²) in [7, 11) is 0. The summed E-state index contributed by atoms with van der Waals surface area (Å²) in [5, 5.41) is 9.52. The van der Waals surface area contributed by atoms with Crippen molar-refractivity contribution in [3.05, 3.63) is 35.2 Å². The number of benzene rings is 1. The molecule has 0 radical (unpaired) electrons. The molecule has 4 N–H and O–H groups in total. The van der Waals surface area contributed by atoms with Crippen molar-refractivity contribution >= 4 is 28.8 Å². The Labute approximate surface area is 90.2 Å². The van der Waals surface area contributed by atoms with Gasteiger partial charge in [0.05, 0.1) is 16.9 Å². The molecule has 0 spiro atoms. The van der Waals surface area contributed by atoms with Gasteiger partial charge in [0.2, 0.25) is 0 Å². The van der Waals surface area contributed by atoms with Crippen LogP contribution in [0.25, 0.3) is 0 Å². The summed E-state index contributed by atoms with van der Waals surface area (Å²) in [6.07, 6.45) is 1.52. The lowest BCUT2D eigenvalue weighted by Gasteiger charge is -2.06. The van der Waals surface area contributed by atoms with Gasteiger partial charge in [0.25, 0.3) is 0 Å². The molecule has 0 atom stereocenters. The molecule has 1 aromatic heterocycles. The minimum atomic E-state index is -0.384. The lowest BCUT2D eigenvalue weighted by atomic mass is 10.3. The molecular weight excluding hydrogens is 219 g/mol. The Morgan fingerprint density at radius 3 is 2.80 bits per heavy atom. The van der Waals surface area contributed by atoms with Crippen molar-refractivity contribution in [3.63, 3.8) is 0 Å². The number of nitrogen functional groups attached to an aromatic ring is 1. The Kier molecular flexibility index (Phi) is 2.47. The highest BCUT2D eigenvalue weighted by atomic mass is 35.5. The van der Waals surface area contributed by atoms with Gasteiger partial charge in [-0.1, -0.05) is 11.6 Å². The summed E-state index contributed by atoms with van der Waals surface area (Å²) >= 11 is 5.82. The van der Waals surface area contributed by atoms with Gasteiger partial charge in [-0.2, -0.15) is 5.10 Å². The van der Waals surface area contributed by atoms with Gasteiger partial charge in [0.1, 0.15) is 17.3 Å². The number of nitrogens with one attached hydrogen (secondary N) is 2. The molecule has 0 saturated heterocycles. The summed E-state index contributed by atoms with van der Waals surface area (Å²) in [5.41, 5.74) is 6.75. The first-order valence-electron chi connectivity index (χ1n) is 4.18. The van der Waals surface area contributed by atoms with E-state index in [-0.39, 0.29) is 10.8 Å². The highest BCUT2D eigenvalue weighted by Gasteiger charge is 2.05. The zero-order valence-corrected chi connectivity index (χ0v) is 8.35. The van der Waals surface area contributed by atoms with Gasteiger partial charge in [-0.25, -0.2) is 4.39 Å². The molecule has 0 aliphatic carbocycles. The quantitative estimate of drug-likeness (QED) is 0.737. The van der Waals surface area contributed by atoms with Crippen molar-refractivity contribution in [2.24, 2.45) is 0 Å². The first kappa shape index (κ1) is 9.79. The van der Waals surface area contributed by atoms with Crippen LogP contribution >= 0.6 is 11.6 Å². The summed E-state index contributed by atoms with van der Waals surface area (Å²) < 4.78 is 12.8. The van der Waals surface area contributed by atoms with Gasteiger partial charge < -0.3 is 11.1 Å². The standard InChI is InChI=1S/C9H8ClFN4/c10-6-3-5(11)1-2-7(6)14-8-4-13-15-9(8)12/h1-4,14H,(H3,12,13,15). The number of nitrogens with two attached hydrogens (primary N) is 1. The first-order valence-corrected chi connectivity index (χ1v) is 4.55. The van der Waals surface area contributed by atoms with Crippen LogP contribution in [0.1, 0.15) is 0 Å². The van der Waals surface area contributed by atoms with Crippen LogP contribution in [0, 0.1) is 5.82 Å². The van der Waals surface area contributed by atoms with E-state index in [0.717, 1.165) is 0 Å². The maximum Gasteiger partial charge on any atom is 0.143 e. The molecular formula is C9H8ClFN4. The van der Waals surface area contributed by atoms with E-state index >= 15 is 0 Å². The third kappa shape index (κ3) is 2.02. The number of hydrogen-bond donors (Lipinski definition) is 3. The van der Waals surface area contributed by atoms with Crippen molar-refractivity contribution in [1.82, 2.24) is 10.2 Å². The summed E-state index contributed by atoms with van der Waals surface area (Å²) in [6.45, 7) is 0. The van der Waals surface area contributed by atoms with E-state index in [1.807, 2.05) is 0 Å². The molecule has 0 aliphatic rings. The summed E-state index contributed by atoms with van der Waals surface area (Å²) in [5.74, 6) is 0.0149. The SMILES string of the molecule is Nc1[nH]ncc1Nc1ccc(F)cc1Cl. The normalized spacial score (nSPS) is 10.3. The van der Waals surface area contributed by atoms with Crippen molar-refractivity contribution < 1.29 is 4.39 Å². The second-order valence-corrected chi connectivity index (χ2v) is 3.35. The predicted molar refractivity (Wildman–Crippen MR) is 57.7 cm³/mol. The number of hydrogen-bond acceptors (Lipinski definition) is 3.